The molecule has 0 radical (unpaired) electrons. The van der Waals surface area contributed by atoms with Gasteiger partial charge in [-0.2, -0.15) is 0 Å². The molecule has 1 fully saturated rings. The molecule has 2 aromatic carbocycles. The lowest BCUT2D eigenvalue weighted by atomic mass is 10.1. The van der Waals surface area contributed by atoms with Gasteiger partial charge in [-0.15, -0.1) is 0 Å². The highest BCUT2D eigenvalue weighted by Gasteiger charge is 2.30. The van der Waals surface area contributed by atoms with E-state index in [9.17, 15) is 13.2 Å². The molecule has 2 aliphatic rings. The van der Waals surface area contributed by atoms with Crippen LogP contribution in [0.4, 0.5) is 0 Å². The summed E-state index contributed by atoms with van der Waals surface area (Å²) in [6.07, 6.45) is 1.57. The van der Waals surface area contributed by atoms with Gasteiger partial charge < -0.3 is 14.4 Å². The van der Waals surface area contributed by atoms with E-state index >= 15 is 0 Å². The number of fused-ring (bicyclic) bond motifs is 1. The minimum atomic E-state index is -3.83. The van der Waals surface area contributed by atoms with Crippen molar-refractivity contribution in [3.63, 3.8) is 0 Å². The zero-order valence-electron chi connectivity index (χ0n) is 15.4. The highest BCUT2D eigenvalue weighted by atomic mass is 35.5. The fraction of sp³-hybridized carbons (Fsp3) is 0.316. The topological polar surface area (TPSA) is 84.9 Å². The second kappa shape index (κ2) is 7.68. The van der Waals surface area contributed by atoms with E-state index in [0.29, 0.717) is 11.5 Å². The van der Waals surface area contributed by atoms with Crippen LogP contribution in [-0.2, 0) is 16.6 Å². The molecule has 7 nitrogen and oxygen atoms in total. The third kappa shape index (κ3) is 4.30. The number of benzene rings is 2. The average molecular weight is 457 g/mol. The van der Waals surface area contributed by atoms with Crippen molar-refractivity contribution in [2.75, 3.05) is 13.8 Å². The molecule has 29 heavy (non-hydrogen) atoms. The van der Waals surface area contributed by atoms with Crippen LogP contribution in [-0.4, -0.2) is 39.1 Å². The molecule has 1 heterocycles. The Kier molecular flexibility index (Phi) is 5.37. The third-order valence-corrected chi connectivity index (χ3v) is 6.94. The molecular formula is C19H18Cl2N2O5S. The summed E-state index contributed by atoms with van der Waals surface area (Å²) >= 11 is 12.3. The van der Waals surface area contributed by atoms with Crippen molar-refractivity contribution < 1.29 is 22.7 Å². The molecule has 1 saturated carbocycles. The van der Waals surface area contributed by atoms with Gasteiger partial charge in [-0.1, -0.05) is 29.3 Å². The Morgan fingerprint density at radius 2 is 1.86 bits per heavy atom. The summed E-state index contributed by atoms with van der Waals surface area (Å²) in [5.74, 6) is 0.848. The summed E-state index contributed by atoms with van der Waals surface area (Å²) in [7, 11) is -2.23. The summed E-state index contributed by atoms with van der Waals surface area (Å²) in [5, 5.41) is 0.0565. The first kappa shape index (κ1) is 20.3. The van der Waals surface area contributed by atoms with Gasteiger partial charge in [0.25, 0.3) is 5.91 Å². The molecule has 1 aliphatic carbocycles. The lowest BCUT2D eigenvalue weighted by Crippen LogP contribution is -2.28. The van der Waals surface area contributed by atoms with Gasteiger partial charge in [0.15, 0.2) is 11.5 Å². The molecule has 0 bridgehead atoms. The number of halogens is 2. The summed E-state index contributed by atoms with van der Waals surface area (Å²) in [6.45, 7) is 0.441. The number of amides is 1. The highest BCUT2D eigenvalue weighted by Crippen LogP contribution is 2.34. The first-order valence-corrected chi connectivity index (χ1v) is 11.1. The molecule has 154 valence electrons. The minimum absolute atomic E-state index is 0.0295. The quantitative estimate of drug-likeness (QED) is 0.719. The van der Waals surface area contributed by atoms with Crippen molar-refractivity contribution in [3.05, 3.63) is 51.5 Å². The number of carbonyl (C=O) groups excluding carboxylic acids is 1. The van der Waals surface area contributed by atoms with Crippen LogP contribution in [0.3, 0.4) is 0 Å². The molecular weight excluding hydrogens is 439 g/mol. The maximum absolute atomic E-state index is 13.0. The number of sulfonamides is 1. The van der Waals surface area contributed by atoms with E-state index < -0.39 is 15.9 Å². The lowest BCUT2D eigenvalue weighted by molar-refractivity contribution is 0.0785. The average Bonchev–Trinajstić information content (AvgIpc) is 3.33. The van der Waals surface area contributed by atoms with Gasteiger partial charge in [0.2, 0.25) is 16.8 Å². The smallest absolute Gasteiger partial charge is 0.255 e. The van der Waals surface area contributed by atoms with Gasteiger partial charge in [-0.25, -0.2) is 13.1 Å². The molecule has 10 heteroatoms. The number of hydrogen-bond donors (Lipinski definition) is 1. The summed E-state index contributed by atoms with van der Waals surface area (Å²) in [6, 6.07) is 7.83. The molecule has 0 unspecified atom stereocenters. The van der Waals surface area contributed by atoms with Crippen molar-refractivity contribution in [2.24, 2.45) is 0 Å². The molecule has 4 rings (SSSR count). The van der Waals surface area contributed by atoms with Gasteiger partial charge >= 0.3 is 0 Å². The maximum Gasteiger partial charge on any atom is 0.255 e. The van der Waals surface area contributed by atoms with Crippen molar-refractivity contribution in [1.82, 2.24) is 9.62 Å². The molecule has 0 atom stereocenters. The number of rotatable bonds is 6. The third-order valence-electron chi connectivity index (χ3n) is 4.64. The zero-order chi connectivity index (χ0) is 20.8. The van der Waals surface area contributed by atoms with Gasteiger partial charge in [0.1, 0.15) is 4.90 Å². The van der Waals surface area contributed by atoms with Crippen molar-refractivity contribution in [1.29, 1.82) is 0 Å². The van der Waals surface area contributed by atoms with E-state index in [0.717, 1.165) is 18.4 Å². The second-order valence-electron chi connectivity index (χ2n) is 7.01. The molecule has 0 spiro atoms. The Morgan fingerprint density at radius 3 is 2.59 bits per heavy atom. The molecule has 1 amide bonds. The Hall–Kier alpha value is -2.00. The summed E-state index contributed by atoms with van der Waals surface area (Å²) in [5.41, 5.74) is 0.897. The van der Waals surface area contributed by atoms with Crippen LogP contribution in [0, 0.1) is 0 Å². The standard InChI is InChI=1S/C19H18Cl2N2O5S/c1-23(9-11-2-5-16-17(6-11)28-10-27-16)19(24)13-7-18(15(21)8-14(13)20)29(25,26)22-12-3-4-12/h2,5-8,12,22H,3-4,9-10H2,1H3. The molecule has 0 aromatic heterocycles. The van der Waals surface area contributed by atoms with Crippen molar-refractivity contribution in [3.8, 4) is 11.5 Å². The van der Waals surface area contributed by atoms with Crippen LogP contribution >= 0.6 is 23.2 Å². The summed E-state index contributed by atoms with van der Waals surface area (Å²) in [4.78, 5) is 14.2. The van der Waals surface area contributed by atoms with E-state index in [-0.39, 0.29) is 39.9 Å². The lowest BCUT2D eigenvalue weighted by Gasteiger charge is -2.19. The predicted octanol–water partition coefficient (Wildman–Crippen LogP) is 3.44. The Balaban J connectivity index is 1.58. The molecule has 2 aromatic rings. The highest BCUT2D eigenvalue weighted by molar-refractivity contribution is 7.89. The van der Waals surface area contributed by atoms with Crippen LogP contribution < -0.4 is 14.2 Å². The van der Waals surface area contributed by atoms with Crippen molar-refractivity contribution in [2.45, 2.75) is 30.3 Å². The normalized spacial score (nSPS) is 15.4. The van der Waals surface area contributed by atoms with E-state index in [1.807, 2.05) is 6.07 Å². The Bertz CT molecular complexity index is 1090. The number of nitrogens with zero attached hydrogens (tertiary/aromatic N) is 1. The monoisotopic (exact) mass is 456 g/mol. The fourth-order valence-electron chi connectivity index (χ4n) is 2.97. The van der Waals surface area contributed by atoms with Gasteiger partial charge in [-0.3, -0.25) is 4.79 Å². The maximum atomic E-state index is 13.0. The molecule has 0 saturated heterocycles. The van der Waals surface area contributed by atoms with E-state index in [1.54, 1.807) is 19.2 Å². The van der Waals surface area contributed by atoms with E-state index in [1.165, 1.54) is 17.0 Å². The van der Waals surface area contributed by atoms with Gasteiger partial charge in [0, 0.05) is 19.6 Å². The number of carbonyl (C=O) groups is 1. The number of nitrogens with one attached hydrogen (secondary N) is 1. The van der Waals surface area contributed by atoms with Crippen LogP contribution in [0.2, 0.25) is 10.0 Å². The fourth-order valence-corrected chi connectivity index (χ4v) is 5.13. The van der Waals surface area contributed by atoms with Crippen LogP contribution in [0.25, 0.3) is 0 Å². The SMILES string of the molecule is CN(Cc1ccc2c(c1)OCO2)C(=O)c1cc(S(=O)(=O)NC2CC2)c(Cl)cc1Cl. The van der Waals surface area contributed by atoms with E-state index in [4.69, 9.17) is 32.7 Å². The Morgan fingerprint density at radius 1 is 1.14 bits per heavy atom. The van der Waals surface area contributed by atoms with Gasteiger partial charge in [-0.05, 0) is 42.7 Å². The van der Waals surface area contributed by atoms with Crippen molar-refractivity contribution >= 4 is 39.1 Å². The summed E-state index contributed by atoms with van der Waals surface area (Å²) < 4.78 is 38.3. The first-order chi connectivity index (χ1) is 13.7. The molecule has 1 aliphatic heterocycles. The second-order valence-corrected chi connectivity index (χ2v) is 9.50. The number of ether oxygens (including phenoxy) is 2. The largest absolute Gasteiger partial charge is 0.454 e. The minimum Gasteiger partial charge on any atom is -0.454 e. The molecule has 1 N–H and O–H groups in total. The van der Waals surface area contributed by atoms with Crippen LogP contribution in [0.1, 0.15) is 28.8 Å². The zero-order valence-corrected chi connectivity index (χ0v) is 17.8. The van der Waals surface area contributed by atoms with Crippen LogP contribution in [0.15, 0.2) is 35.2 Å². The van der Waals surface area contributed by atoms with Gasteiger partial charge in [0.05, 0.1) is 15.6 Å². The number of hydrogen-bond acceptors (Lipinski definition) is 5. The predicted molar refractivity (Wildman–Crippen MR) is 108 cm³/mol. The van der Waals surface area contributed by atoms with Crippen LogP contribution in [0.5, 0.6) is 11.5 Å². The first-order valence-electron chi connectivity index (χ1n) is 8.90. The van der Waals surface area contributed by atoms with E-state index in [2.05, 4.69) is 4.72 Å². The Labute approximate surface area is 178 Å².